The Hall–Kier alpha value is -1.77. The van der Waals surface area contributed by atoms with E-state index >= 15 is 0 Å². The van der Waals surface area contributed by atoms with Crippen LogP contribution in [0.15, 0.2) is 18.2 Å². The minimum atomic E-state index is -0.891. The van der Waals surface area contributed by atoms with E-state index < -0.39 is 5.97 Å². The Morgan fingerprint density at radius 2 is 2.06 bits per heavy atom. The average molecular weight is 217 g/mol. The van der Waals surface area contributed by atoms with Gasteiger partial charge in [0.25, 0.3) is 0 Å². The number of H-pyrrole nitrogens is 1. The summed E-state index contributed by atoms with van der Waals surface area (Å²) in [6, 6.07) is 5.98. The summed E-state index contributed by atoms with van der Waals surface area (Å²) in [5.41, 5.74) is 3.24. The SMILES string of the molecule is Cc1ccc2c(C(C)C)c(C(=O)O)[nH]c2c1. The molecule has 16 heavy (non-hydrogen) atoms. The zero-order chi connectivity index (χ0) is 11.9. The van der Waals surface area contributed by atoms with Gasteiger partial charge in [-0.05, 0) is 30.0 Å². The highest BCUT2D eigenvalue weighted by molar-refractivity contribution is 5.98. The van der Waals surface area contributed by atoms with E-state index in [4.69, 9.17) is 5.11 Å². The summed E-state index contributed by atoms with van der Waals surface area (Å²) in [7, 11) is 0. The third-order valence-corrected chi connectivity index (χ3v) is 2.79. The van der Waals surface area contributed by atoms with Crippen molar-refractivity contribution in [3.63, 3.8) is 0 Å². The Morgan fingerprint density at radius 3 is 2.62 bits per heavy atom. The van der Waals surface area contributed by atoms with E-state index in [0.717, 1.165) is 22.0 Å². The zero-order valence-electron chi connectivity index (χ0n) is 9.66. The fourth-order valence-electron chi connectivity index (χ4n) is 2.10. The van der Waals surface area contributed by atoms with E-state index in [-0.39, 0.29) is 5.92 Å². The fourth-order valence-corrected chi connectivity index (χ4v) is 2.10. The molecule has 1 aromatic carbocycles. The number of benzene rings is 1. The number of fused-ring (bicyclic) bond motifs is 1. The van der Waals surface area contributed by atoms with E-state index in [9.17, 15) is 4.79 Å². The molecule has 3 heteroatoms. The van der Waals surface area contributed by atoms with E-state index in [1.165, 1.54) is 0 Å². The molecule has 0 saturated heterocycles. The highest BCUT2D eigenvalue weighted by atomic mass is 16.4. The van der Waals surface area contributed by atoms with Crippen molar-refractivity contribution in [2.75, 3.05) is 0 Å². The molecule has 84 valence electrons. The molecule has 0 unspecified atom stereocenters. The Balaban J connectivity index is 2.81. The van der Waals surface area contributed by atoms with Crippen molar-refractivity contribution in [3.8, 4) is 0 Å². The van der Waals surface area contributed by atoms with Crippen LogP contribution in [0.2, 0.25) is 0 Å². The standard InChI is InChI=1S/C13H15NO2/c1-7(2)11-9-5-4-8(3)6-10(9)14-12(11)13(15)16/h4-7,14H,1-3H3,(H,15,16). The van der Waals surface area contributed by atoms with E-state index in [1.807, 2.05) is 39.0 Å². The van der Waals surface area contributed by atoms with Gasteiger partial charge in [-0.3, -0.25) is 0 Å². The number of carbonyl (C=O) groups is 1. The highest BCUT2D eigenvalue weighted by Crippen LogP contribution is 2.29. The summed E-state index contributed by atoms with van der Waals surface area (Å²) in [6.07, 6.45) is 0. The predicted molar refractivity (Wildman–Crippen MR) is 64.1 cm³/mol. The Morgan fingerprint density at radius 1 is 1.38 bits per heavy atom. The van der Waals surface area contributed by atoms with E-state index in [1.54, 1.807) is 0 Å². The van der Waals surface area contributed by atoms with Crippen molar-refractivity contribution in [2.45, 2.75) is 26.7 Å². The molecule has 2 aromatic rings. The van der Waals surface area contributed by atoms with Gasteiger partial charge in [0.15, 0.2) is 0 Å². The lowest BCUT2D eigenvalue weighted by Gasteiger charge is -2.04. The summed E-state index contributed by atoms with van der Waals surface area (Å²) in [5.74, 6) is -0.694. The lowest BCUT2D eigenvalue weighted by Crippen LogP contribution is -2.02. The minimum absolute atomic E-state index is 0.197. The van der Waals surface area contributed by atoms with Gasteiger partial charge in [-0.1, -0.05) is 26.0 Å². The first-order valence-electron chi connectivity index (χ1n) is 5.36. The maximum absolute atomic E-state index is 11.1. The number of nitrogens with one attached hydrogen (secondary N) is 1. The maximum atomic E-state index is 11.1. The van der Waals surface area contributed by atoms with Crippen molar-refractivity contribution in [1.82, 2.24) is 4.98 Å². The molecule has 0 aliphatic carbocycles. The second kappa shape index (κ2) is 3.67. The average Bonchev–Trinajstić information content (AvgIpc) is 2.55. The molecule has 2 N–H and O–H groups in total. The molecule has 0 aliphatic heterocycles. The van der Waals surface area contributed by atoms with Crippen LogP contribution < -0.4 is 0 Å². The number of aromatic carboxylic acids is 1. The Kier molecular flexibility index (Phi) is 2.46. The van der Waals surface area contributed by atoms with Gasteiger partial charge in [-0.2, -0.15) is 0 Å². The summed E-state index contributed by atoms with van der Waals surface area (Å²) in [4.78, 5) is 14.1. The number of hydrogen-bond donors (Lipinski definition) is 2. The quantitative estimate of drug-likeness (QED) is 0.810. The second-order valence-corrected chi connectivity index (χ2v) is 4.42. The molecule has 0 atom stereocenters. The monoisotopic (exact) mass is 217 g/mol. The molecule has 2 rings (SSSR count). The molecule has 1 aromatic heterocycles. The first kappa shape index (κ1) is 10.7. The van der Waals surface area contributed by atoms with Crippen LogP contribution in [-0.4, -0.2) is 16.1 Å². The van der Waals surface area contributed by atoms with Crippen molar-refractivity contribution in [1.29, 1.82) is 0 Å². The number of carboxylic acid groups (broad SMARTS) is 1. The maximum Gasteiger partial charge on any atom is 0.352 e. The molecule has 0 spiro atoms. The van der Waals surface area contributed by atoms with Gasteiger partial charge in [0.1, 0.15) is 5.69 Å². The van der Waals surface area contributed by atoms with Crippen LogP contribution in [0.25, 0.3) is 10.9 Å². The lowest BCUT2D eigenvalue weighted by molar-refractivity contribution is 0.0690. The van der Waals surface area contributed by atoms with Gasteiger partial charge >= 0.3 is 5.97 Å². The number of hydrogen-bond acceptors (Lipinski definition) is 1. The number of aryl methyl sites for hydroxylation is 1. The predicted octanol–water partition coefficient (Wildman–Crippen LogP) is 3.30. The van der Waals surface area contributed by atoms with Gasteiger partial charge in [-0.25, -0.2) is 4.79 Å². The van der Waals surface area contributed by atoms with Crippen LogP contribution in [0.1, 0.15) is 41.4 Å². The molecule has 3 nitrogen and oxygen atoms in total. The third-order valence-electron chi connectivity index (χ3n) is 2.79. The molecule has 0 radical (unpaired) electrons. The van der Waals surface area contributed by atoms with Gasteiger partial charge in [0.05, 0.1) is 0 Å². The largest absolute Gasteiger partial charge is 0.477 e. The van der Waals surface area contributed by atoms with Gasteiger partial charge in [0.2, 0.25) is 0 Å². The summed E-state index contributed by atoms with van der Waals surface area (Å²) >= 11 is 0. The molecule has 1 heterocycles. The second-order valence-electron chi connectivity index (χ2n) is 4.42. The molecule has 0 aliphatic rings. The fraction of sp³-hybridized carbons (Fsp3) is 0.308. The van der Waals surface area contributed by atoms with Crippen molar-refractivity contribution >= 4 is 16.9 Å². The number of rotatable bonds is 2. The number of aromatic amines is 1. The minimum Gasteiger partial charge on any atom is -0.477 e. The van der Waals surface area contributed by atoms with Crippen LogP contribution in [0, 0.1) is 6.92 Å². The van der Waals surface area contributed by atoms with Crippen LogP contribution in [0.4, 0.5) is 0 Å². The third kappa shape index (κ3) is 1.58. The summed E-state index contributed by atoms with van der Waals surface area (Å²) in [6.45, 7) is 6.01. The molecule has 0 saturated carbocycles. The first-order chi connectivity index (χ1) is 7.50. The van der Waals surface area contributed by atoms with Crippen LogP contribution >= 0.6 is 0 Å². The molecule has 0 amide bonds. The Labute approximate surface area is 94.1 Å². The normalized spacial score (nSPS) is 11.2. The van der Waals surface area contributed by atoms with Crippen LogP contribution in [0.5, 0.6) is 0 Å². The molecular weight excluding hydrogens is 202 g/mol. The zero-order valence-corrected chi connectivity index (χ0v) is 9.66. The smallest absolute Gasteiger partial charge is 0.352 e. The summed E-state index contributed by atoms with van der Waals surface area (Å²) in [5, 5.41) is 10.2. The Bertz CT molecular complexity index is 552. The molecule has 0 fully saturated rings. The summed E-state index contributed by atoms with van der Waals surface area (Å²) < 4.78 is 0. The highest BCUT2D eigenvalue weighted by Gasteiger charge is 2.18. The molecular formula is C13H15NO2. The van der Waals surface area contributed by atoms with Crippen LogP contribution in [-0.2, 0) is 0 Å². The number of aromatic nitrogens is 1. The van der Waals surface area contributed by atoms with Gasteiger partial charge < -0.3 is 10.1 Å². The number of carboxylic acids is 1. The van der Waals surface area contributed by atoms with Crippen molar-refractivity contribution in [2.24, 2.45) is 0 Å². The first-order valence-corrected chi connectivity index (χ1v) is 5.36. The van der Waals surface area contributed by atoms with E-state index in [0.29, 0.717) is 5.69 Å². The van der Waals surface area contributed by atoms with Gasteiger partial charge in [-0.15, -0.1) is 0 Å². The topological polar surface area (TPSA) is 53.1 Å². The van der Waals surface area contributed by atoms with Crippen molar-refractivity contribution < 1.29 is 9.90 Å². The van der Waals surface area contributed by atoms with Gasteiger partial charge in [0, 0.05) is 10.9 Å². The molecule has 0 bridgehead atoms. The van der Waals surface area contributed by atoms with Crippen LogP contribution in [0.3, 0.4) is 0 Å². The lowest BCUT2D eigenvalue weighted by atomic mass is 9.99. The van der Waals surface area contributed by atoms with Crippen molar-refractivity contribution in [3.05, 3.63) is 35.0 Å². The van der Waals surface area contributed by atoms with E-state index in [2.05, 4.69) is 4.98 Å².